The number of thioether (sulfide) groups is 1. The monoisotopic (exact) mass is 417 g/mol. The highest BCUT2D eigenvalue weighted by Crippen LogP contribution is 2.38. The minimum Gasteiger partial charge on any atom is -0.355 e. The van der Waals surface area contributed by atoms with Gasteiger partial charge in [0.25, 0.3) is 0 Å². The van der Waals surface area contributed by atoms with Gasteiger partial charge in [-0.15, -0.1) is 9.24 Å². The van der Waals surface area contributed by atoms with Gasteiger partial charge in [0.2, 0.25) is 5.91 Å². The Kier molecular flexibility index (Phi) is 6.08. The van der Waals surface area contributed by atoms with Gasteiger partial charge in [-0.1, -0.05) is 23.9 Å². The summed E-state index contributed by atoms with van der Waals surface area (Å²) in [7, 11) is 2.14. The first kappa shape index (κ1) is 20.5. The smallest absolute Gasteiger partial charge is 0.355 e. The summed E-state index contributed by atoms with van der Waals surface area (Å²) in [5.74, 6) is -0.188. The molecule has 1 fully saturated rings. The summed E-state index contributed by atoms with van der Waals surface area (Å²) < 4.78 is 40.0. The van der Waals surface area contributed by atoms with Gasteiger partial charge in [-0.3, -0.25) is 9.69 Å². The summed E-state index contributed by atoms with van der Waals surface area (Å²) in [4.78, 5) is 14.7. The van der Waals surface area contributed by atoms with Crippen LogP contribution in [0.3, 0.4) is 0 Å². The first-order valence-corrected chi connectivity index (χ1v) is 10.3. The SMILES string of the molecule is CC(=O)NC1NC(c2ccc(P)c(C(F)(F)F)c2)=C(CN2CCCC2C)S1. The lowest BCUT2D eigenvalue weighted by molar-refractivity contribution is -0.136. The van der Waals surface area contributed by atoms with Gasteiger partial charge in [-0.05, 0) is 43.2 Å². The summed E-state index contributed by atoms with van der Waals surface area (Å²) in [5.41, 5.74) is 0.0978. The Morgan fingerprint density at radius 1 is 1.44 bits per heavy atom. The first-order chi connectivity index (χ1) is 12.6. The van der Waals surface area contributed by atoms with Crippen LogP contribution in [0.4, 0.5) is 13.2 Å². The van der Waals surface area contributed by atoms with E-state index in [0.717, 1.165) is 24.3 Å². The Morgan fingerprint density at radius 3 is 2.78 bits per heavy atom. The lowest BCUT2D eigenvalue weighted by Crippen LogP contribution is -2.38. The van der Waals surface area contributed by atoms with Crippen molar-refractivity contribution in [3.05, 3.63) is 34.2 Å². The zero-order chi connectivity index (χ0) is 19.8. The molecule has 27 heavy (non-hydrogen) atoms. The molecule has 3 atom stereocenters. The Balaban J connectivity index is 1.94. The van der Waals surface area contributed by atoms with Crippen LogP contribution in [0.25, 0.3) is 5.70 Å². The summed E-state index contributed by atoms with van der Waals surface area (Å²) >= 11 is 1.46. The standard InChI is InChI=1S/C18H23F3N3OPS/c1-10-4-3-7-24(10)9-15-16(23-17(27-15)22-11(2)25)12-5-6-14(26)13(8-12)18(19,20)21/h5-6,8,10,17,23H,3-4,7,9,26H2,1-2H3,(H,22,25). The third-order valence-corrected chi connectivity index (χ3v) is 6.43. The number of rotatable bonds is 4. The number of benzene rings is 1. The maximum absolute atomic E-state index is 13.3. The summed E-state index contributed by atoms with van der Waals surface area (Å²) in [6, 6.07) is 4.77. The van der Waals surface area contributed by atoms with Crippen molar-refractivity contribution in [1.29, 1.82) is 0 Å². The number of carbonyl (C=O) groups is 1. The summed E-state index contributed by atoms with van der Waals surface area (Å²) in [6.45, 7) is 5.22. The van der Waals surface area contributed by atoms with Gasteiger partial charge >= 0.3 is 6.18 Å². The zero-order valence-corrected chi connectivity index (χ0v) is 17.2. The molecule has 148 valence electrons. The average molecular weight is 417 g/mol. The molecule has 1 aromatic rings. The van der Waals surface area contributed by atoms with E-state index in [1.54, 1.807) is 6.07 Å². The predicted octanol–water partition coefficient (Wildman–Crippen LogP) is 3.11. The Morgan fingerprint density at radius 2 is 2.19 bits per heavy atom. The lowest BCUT2D eigenvalue weighted by Gasteiger charge is -2.22. The fourth-order valence-corrected chi connectivity index (χ4v) is 4.99. The second-order valence-electron chi connectivity index (χ2n) is 6.90. The minimum atomic E-state index is -4.42. The predicted molar refractivity (Wildman–Crippen MR) is 106 cm³/mol. The van der Waals surface area contributed by atoms with E-state index in [1.165, 1.54) is 30.8 Å². The zero-order valence-electron chi connectivity index (χ0n) is 15.2. The number of hydrogen-bond acceptors (Lipinski definition) is 4. The van der Waals surface area contributed by atoms with Crippen LogP contribution in [0, 0.1) is 0 Å². The number of alkyl halides is 3. The molecule has 0 spiro atoms. The van der Waals surface area contributed by atoms with Crippen molar-refractivity contribution in [3.8, 4) is 0 Å². The molecule has 1 amide bonds. The van der Waals surface area contributed by atoms with E-state index in [4.69, 9.17) is 0 Å². The Hall–Kier alpha value is -1.24. The molecule has 9 heteroatoms. The molecular weight excluding hydrogens is 394 g/mol. The van der Waals surface area contributed by atoms with E-state index in [0.29, 0.717) is 23.8 Å². The summed E-state index contributed by atoms with van der Waals surface area (Å²) in [5, 5.41) is 6.09. The highest BCUT2D eigenvalue weighted by atomic mass is 32.2. The third kappa shape index (κ3) is 4.79. The maximum Gasteiger partial charge on any atom is 0.417 e. The number of carbonyl (C=O) groups excluding carboxylic acids is 1. The maximum atomic E-state index is 13.3. The van der Waals surface area contributed by atoms with Gasteiger partial charge in [-0.25, -0.2) is 0 Å². The topological polar surface area (TPSA) is 44.4 Å². The van der Waals surface area contributed by atoms with E-state index in [1.807, 2.05) is 0 Å². The molecule has 2 heterocycles. The van der Waals surface area contributed by atoms with Crippen molar-refractivity contribution in [2.75, 3.05) is 13.1 Å². The van der Waals surface area contributed by atoms with Crippen molar-refractivity contribution in [2.45, 2.75) is 44.4 Å². The van der Waals surface area contributed by atoms with E-state index in [9.17, 15) is 18.0 Å². The van der Waals surface area contributed by atoms with E-state index < -0.39 is 11.7 Å². The van der Waals surface area contributed by atoms with Crippen LogP contribution >= 0.6 is 21.0 Å². The molecule has 1 aromatic carbocycles. The number of likely N-dealkylation sites (tertiary alicyclic amines) is 1. The van der Waals surface area contributed by atoms with E-state index >= 15 is 0 Å². The number of hydrogen-bond donors (Lipinski definition) is 2. The van der Waals surface area contributed by atoms with Crippen molar-refractivity contribution in [1.82, 2.24) is 15.5 Å². The molecule has 2 N–H and O–H groups in total. The third-order valence-electron chi connectivity index (χ3n) is 4.83. The van der Waals surface area contributed by atoms with Crippen LogP contribution in [-0.2, 0) is 11.0 Å². The second-order valence-corrected chi connectivity index (χ2v) is 8.72. The van der Waals surface area contributed by atoms with E-state index in [-0.39, 0.29) is 16.7 Å². The van der Waals surface area contributed by atoms with Crippen molar-refractivity contribution < 1.29 is 18.0 Å². The molecule has 0 radical (unpaired) electrons. The van der Waals surface area contributed by atoms with Crippen LogP contribution in [0.5, 0.6) is 0 Å². The lowest BCUT2D eigenvalue weighted by atomic mass is 10.1. The van der Waals surface area contributed by atoms with Gasteiger partial charge in [-0.2, -0.15) is 13.2 Å². The van der Waals surface area contributed by atoms with Gasteiger partial charge in [0.05, 0.1) is 11.3 Å². The van der Waals surface area contributed by atoms with Gasteiger partial charge in [0, 0.05) is 24.4 Å². The Bertz CT molecular complexity index is 769. The van der Waals surface area contributed by atoms with Gasteiger partial charge < -0.3 is 10.6 Å². The number of amides is 1. The van der Waals surface area contributed by atoms with Crippen LogP contribution in [-0.4, -0.2) is 35.4 Å². The van der Waals surface area contributed by atoms with Crippen LogP contribution in [0.2, 0.25) is 0 Å². The van der Waals surface area contributed by atoms with Crippen molar-refractivity contribution >= 4 is 37.9 Å². The van der Waals surface area contributed by atoms with Crippen LogP contribution in [0.15, 0.2) is 23.1 Å². The molecule has 4 nitrogen and oxygen atoms in total. The van der Waals surface area contributed by atoms with Crippen molar-refractivity contribution in [2.24, 2.45) is 0 Å². The number of nitrogens with zero attached hydrogens (tertiary/aromatic N) is 1. The average Bonchev–Trinajstić information content (AvgIpc) is 3.13. The molecule has 2 aliphatic heterocycles. The second kappa shape index (κ2) is 8.02. The molecular formula is C18H23F3N3OPS. The number of halogens is 3. The van der Waals surface area contributed by atoms with Gasteiger partial charge in [0.1, 0.15) is 0 Å². The summed E-state index contributed by atoms with van der Waals surface area (Å²) in [6.07, 6.45) is -2.17. The molecule has 0 aliphatic carbocycles. The molecule has 1 saturated heterocycles. The largest absolute Gasteiger partial charge is 0.417 e. The normalized spacial score (nSPS) is 23.6. The molecule has 0 saturated carbocycles. The fourth-order valence-electron chi connectivity index (χ4n) is 3.42. The quantitative estimate of drug-likeness (QED) is 0.739. The minimum absolute atomic E-state index is 0.116. The molecule has 3 unspecified atom stereocenters. The highest BCUT2D eigenvalue weighted by Gasteiger charge is 2.34. The Labute approximate surface area is 163 Å². The van der Waals surface area contributed by atoms with Gasteiger partial charge in [0.15, 0.2) is 5.50 Å². The molecule has 0 aromatic heterocycles. The molecule has 2 aliphatic rings. The highest BCUT2D eigenvalue weighted by molar-refractivity contribution is 8.04. The van der Waals surface area contributed by atoms with E-state index in [2.05, 4.69) is 31.7 Å². The van der Waals surface area contributed by atoms with Crippen molar-refractivity contribution in [3.63, 3.8) is 0 Å². The van der Waals surface area contributed by atoms with Crippen LogP contribution < -0.4 is 15.9 Å². The first-order valence-electron chi connectivity index (χ1n) is 8.79. The number of nitrogens with one attached hydrogen (secondary N) is 2. The molecule has 3 rings (SSSR count). The fraction of sp³-hybridized carbons (Fsp3) is 0.500. The molecule has 0 bridgehead atoms. The van der Waals surface area contributed by atoms with Crippen LogP contribution in [0.1, 0.15) is 37.8 Å².